The van der Waals surface area contributed by atoms with Crippen molar-refractivity contribution in [3.63, 3.8) is 0 Å². The van der Waals surface area contributed by atoms with E-state index in [4.69, 9.17) is 9.47 Å². The molecule has 0 fully saturated rings. The first-order valence-electron chi connectivity index (χ1n) is 8.10. The van der Waals surface area contributed by atoms with E-state index in [2.05, 4.69) is 13.8 Å². The highest BCUT2D eigenvalue weighted by molar-refractivity contribution is 5.87. The number of hydrogen-bond donors (Lipinski definition) is 0. The summed E-state index contributed by atoms with van der Waals surface area (Å²) in [5.74, 6) is 0.906. The number of aldehydes is 2. The average Bonchev–Trinajstić information content (AvgIpc) is 2.55. The summed E-state index contributed by atoms with van der Waals surface area (Å²) in [4.78, 5) is 22.4. The highest BCUT2D eigenvalue weighted by Crippen LogP contribution is 2.27. The quantitative estimate of drug-likeness (QED) is 0.423. The maximum atomic E-state index is 11.2. The standard InChI is InChI=1S/C18H26O4/c1-3-5-7-9-21-17-11-16(14-20)18(12-15(17)13-19)22-10-8-6-4-2/h11-14H,3-10H2,1-2H3. The summed E-state index contributed by atoms with van der Waals surface area (Å²) in [5, 5.41) is 0. The molecular weight excluding hydrogens is 280 g/mol. The molecule has 4 heteroatoms. The second-order valence-electron chi connectivity index (χ2n) is 5.27. The van der Waals surface area contributed by atoms with Crippen molar-refractivity contribution < 1.29 is 19.1 Å². The minimum Gasteiger partial charge on any atom is -0.493 e. The second kappa shape index (κ2) is 10.8. The Morgan fingerprint density at radius 1 is 0.773 bits per heavy atom. The van der Waals surface area contributed by atoms with Gasteiger partial charge < -0.3 is 9.47 Å². The summed E-state index contributed by atoms with van der Waals surface area (Å²) in [6, 6.07) is 3.19. The van der Waals surface area contributed by atoms with Crippen LogP contribution in [0.4, 0.5) is 0 Å². The molecule has 1 aromatic carbocycles. The van der Waals surface area contributed by atoms with Crippen molar-refractivity contribution in [3.05, 3.63) is 23.3 Å². The number of rotatable bonds is 12. The molecule has 0 unspecified atom stereocenters. The molecule has 0 aliphatic heterocycles. The molecule has 122 valence electrons. The van der Waals surface area contributed by atoms with Crippen LogP contribution in [-0.2, 0) is 0 Å². The predicted molar refractivity (Wildman–Crippen MR) is 87.3 cm³/mol. The molecule has 0 aromatic heterocycles. The van der Waals surface area contributed by atoms with Gasteiger partial charge in [-0.25, -0.2) is 0 Å². The first kappa shape index (κ1) is 18.2. The zero-order valence-electron chi connectivity index (χ0n) is 13.6. The van der Waals surface area contributed by atoms with E-state index in [1.54, 1.807) is 12.1 Å². The van der Waals surface area contributed by atoms with Gasteiger partial charge in [0.2, 0.25) is 0 Å². The lowest BCUT2D eigenvalue weighted by Gasteiger charge is -2.13. The average molecular weight is 306 g/mol. The summed E-state index contributed by atoms with van der Waals surface area (Å²) in [5.41, 5.74) is 0.847. The zero-order chi connectivity index (χ0) is 16.2. The molecule has 0 radical (unpaired) electrons. The molecule has 0 spiro atoms. The fourth-order valence-corrected chi connectivity index (χ4v) is 2.09. The highest BCUT2D eigenvalue weighted by Gasteiger charge is 2.11. The summed E-state index contributed by atoms with van der Waals surface area (Å²) in [6.07, 6.45) is 7.71. The number of carbonyl (C=O) groups excluding carboxylic acids is 2. The third-order valence-corrected chi connectivity index (χ3v) is 3.41. The van der Waals surface area contributed by atoms with Crippen molar-refractivity contribution >= 4 is 12.6 Å². The molecular formula is C18H26O4. The van der Waals surface area contributed by atoms with Gasteiger partial charge >= 0.3 is 0 Å². The van der Waals surface area contributed by atoms with Gasteiger partial charge in [0.25, 0.3) is 0 Å². The van der Waals surface area contributed by atoms with Gasteiger partial charge in [-0.2, -0.15) is 0 Å². The normalized spacial score (nSPS) is 10.3. The van der Waals surface area contributed by atoms with Crippen molar-refractivity contribution in [2.45, 2.75) is 52.4 Å². The summed E-state index contributed by atoms with van der Waals surface area (Å²) >= 11 is 0. The minimum atomic E-state index is 0.424. The Kier molecular flexibility index (Phi) is 8.96. The van der Waals surface area contributed by atoms with Gasteiger partial charge in [0, 0.05) is 0 Å². The van der Waals surface area contributed by atoms with Crippen LogP contribution >= 0.6 is 0 Å². The van der Waals surface area contributed by atoms with Crippen molar-refractivity contribution in [1.82, 2.24) is 0 Å². The number of carbonyl (C=O) groups is 2. The van der Waals surface area contributed by atoms with E-state index in [0.29, 0.717) is 35.8 Å². The lowest BCUT2D eigenvalue weighted by Crippen LogP contribution is -2.04. The van der Waals surface area contributed by atoms with Crippen molar-refractivity contribution in [2.75, 3.05) is 13.2 Å². The smallest absolute Gasteiger partial charge is 0.153 e. The van der Waals surface area contributed by atoms with Crippen LogP contribution in [0.2, 0.25) is 0 Å². The molecule has 0 heterocycles. The predicted octanol–water partition coefficient (Wildman–Crippen LogP) is 4.45. The van der Waals surface area contributed by atoms with E-state index in [0.717, 1.165) is 51.1 Å². The Balaban J connectivity index is 2.78. The molecule has 1 aromatic rings. The van der Waals surface area contributed by atoms with Crippen LogP contribution < -0.4 is 9.47 Å². The monoisotopic (exact) mass is 306 g/mol. The minimum absolute atomic E-state index is 0.424. The lowest BCUT2D eigenvalue weighted by atomic mass is 10.1. The van der Waals surface area contributed by atoms with Gasteiger partial charge in [0.1, 0.15) is 11.5 Å². The summed E-state index contributed by atoms with van der Waals surface area (Å²) < 4.78 is 11.2. The molecule has 0 atom stereocenters. The van der Waals surface area contributed by atoms with Crippen LogP contribution in [0, 0.1) is 0 Å². The fraction of sp³-hybridized carbons (Fsp3) is 0.556. The van der Waals surface area contributed by atoms with E-state index in [-0.39, 0.29) is 0 Å². The molecule has 22 heavy (non-hydrogen) atoms. The zero-order valence-corrected chi connectivity index (χ0v) is 13.6. The van der Waals surface area contributed by atoms with E-state index < -0.39 is 0 Å². The highest BCUT2D eigenvalue weighted by atomic mass is 16.5. The molecule has 0 saturated carbocycles. The number of hydrogen-bond acceptors (Lipinski definition) is 4. The van der Waals surface area contributed by atoms with E-state index in [9.17, 15) is 9.59 Å². The van der Waals surface area contributed by atoms with Crippen LogP contribution in [0.5, 0.6) is 11.5 Å². The number of benzene rings is 1. The van der Waals surface area contributed by atoms with Crippen molar-refractivity contribution in [2.24, 2.45) is 0 Å². The third kappa shape index (κ3) is 5.88. The summed E-state index contributed by atoms with van der Waals surface area (Å²) in [6.45, 7) is 5.32. The van der Waals surface area contributed by atoms with E-state index >= 15 is 0 Å². The van der Waals surface area contributed by atoms with E-state index in [1.807, 2.05) is 0 Å². The largest absolute Gasteiger partial charge is 0.493 e. The Morgan fingerprint density at radius 2 is 1.18 bits per heavy atom. The van der Waals surface area contributed by atoms with Gasteiger partial charge in [-0.05, 0) is 25.0 Å². The van der Waals surface area contributed by atoms with Crippen LogP contribution in [0.1, 0.15) is 73.1 Å². The molecule has 0 amide bonds. The topological polar surface area (TPSA) is 52.6 Å². The summed E-state index contributed by atoms with van der Waals surface area (Å²) in [7, 11) is 0. The van der Waals surface area contributed by atoms with Crippen LogP contribution in [-0.4, -0.2) is 25.8 Å². The molecule has 0 saturated heterocycles. The van der Waals surface area contributed by atoms with Gasteiger partial charge in [0.15, 0.2) is 12.6 Å². The van der Waals surface area contributed by atoms with Crippen LogP contribution in [0.3, 0.4) is 0 Å². The Labute approximate surface area is 132 Å². The van der Waals surface area contributed by atoms with Crippen molar-refractivity contribution in [3.8, 4) is 11.5 Å². The third-order valence-electron chi connectivity index (χ3n) is 3.41. The fourth-order valence-electron chi connectivity index (χ4n) is 2.09. The molecule has 0 aliphatic carbocycles. The Hall–Kier alpha value is -1.84. The first-order valence-corrected chi connectivity index (χ1v) is 8.10. The Bertz CT molecular complexity index is 425. The lowest BCUT2D eigenvalue weighted by molar-refractivity contribution is 0.110. The number of ether oxygens (including phenoxy) is 2. The first-order chi connectivity index (χ1) is 10.8. The van der Waals surface area contributed by atoms with Crippen LogP contribution in [0.15, 0.2) is 12.1 Å². The number of unbranched alkanes of at least 4 members (excludes halogenated alkanes) is 4. The maximum absolute atomic E-state index is 11.2. The van der Waals surface area contributed by atoms with Gasteiger partial charge in [-0.15, -0.1) is 0 Å². The van der Waals surface area contributed by atoms with Crippen LogP contribution in [0.25, 0.3) is 0 Å². The van der Waals surface area contributed by atoms with E-state index in [1.165, 1.54) is 0 Å². The molecule has 4 nitrogen and oxygen atoms in total. The van der Waals surface area contributed by atoms with Gasteiger partial charge in [-0.3, -0.25) is 9.59 Å². The Morgan fingerprint density at radius 3 is 1.50 bits per heavy atom. The molecule has 0 bridgehead atoms. The van der Waals surface area contributed by atoms with Crippen molar-refractivity contribution in [1.29, 1.82) is 0 Å². The van der Waals surface area contributed by atoms with Gasteiger partial charge in [-0.1, -0.05) is 39.5 Å². The molecule has 1 rings (SSSR count). The molecule has 0 aliphatic rings. The maximum Gasteiger partial charge on any atom is 0.153 e. The molecule has 0 N–H and O–H groups in total. The van der Waals surface area contributed by atoms with Gasteiger partial charge in [0.05, 0.1) is 24.3 Å². The second-order valence-corrected chi connectivity index (χ2v) is 5.27. The SMILES string of the molecule is CCCCCOc1cc(C=O)c(OCCCCC)cc1C=O.